The van der Waals surface area contributed by atoms with Gasteiger partial charge in [-0.1, -0.05) is 30.3 Å². The lowest BCUT2D eigenvalue weighted by atomic mass is 10.0. The van der Waals surface area contributed by atoms with Crippen LogP contribution in [0.2, 0.25) is 0 Å². The monoisotopic (exact) mass is 306 g/mol. The number of aliphatic hydroxyl groups is 1. The maximum atomic E-state index is 10.4. The van der Waals surface area contributed by atoms with Crippen LogP contribution in [0.5, 0.6) is 0 Å². The van der Waals surface area contributed by atoms with Gasteiger partial charge < -0.3 is 10.4 Å². The molecular formula is C17H26N2OS. The van der Waals surface area contributed by atoms with Gasteiger partial charge in [0.05, 0.1) is 5.60 Å². The Morgan fingerprint density at radius 2 is 2.24 bits per heavy atom. The topological polar surface area (TPSA) is 35.5 Å². The summed E-state index contributed by atoms with van der Waals surface area (Å²) in [4.78, 5) is 2.54. The fraction of sp³-hybridized carbons (Fsp3) is 0.647. The standard InChI is InChI=1S/C17H26N2OS/c1-14(15-5-3-2-4-6-15)19-9-7-16(11-19)18-12-17(20)8-10-21-13-17/h2-6,14,16,18,20H,7-13H2,1H3/t14-,16+,17+/m1/s1. The van der Waals surface area contributed by atoms with Crippen LogP contribution in [0.1, 0.15) is 31.4 Å². The summed E-state index contributed by atoms with van der Waals surface area (Å²) in [6.45, 7) is 5.26. The average Bonchev–Trinajstić information content (AvgIpc) is 3.15. The van der Waals surface area contributed by atoms with Gasteiger partial charge in [-0.2, -0.15) is 11.8 Å². The normalized spacial score (nSPS) is 31.6. The molecule has 2 aliphatic heterocycles. The summed E-state index contributed by atoms with van der Waals surface area (Å²) in [5.41, 5.74) is 0.923. The second-order valence-electron chi connectivity index (χ2n) is 6.48. The van der Waals surface area contributed by atoms with Gasteiger partial charge in [0.1, 0.15) is 0 Å². The average molecular weight is 306 g/mol. The number of rotatable bonds is 5. The third kappa shape index (κ3) is 3.81. The SMILES string of the molecule is C[C@H](c1ccccc1)N1CC[C@H](NC[C@@]2(O)CCSC2)C1. The largest absolute Gasteiger partial charge is 0.388 e. The molecule has 116 valence electrons. The lowest BCUT2D eigenvalue weighted by Gasteiger charge is -2.26. The number of hydrogen-bond donors (Lipinski definition) is 2. The van der Waals surface area contributed by atoms with Crippen molar-refractivity contribution in [2.45, 2.75) is 37.5 Å². The van der Waals surface area contributed by atoms with Crippen molar-refractivity contribution in [3.63, 3.8) is 0 Å². The van der Waals surface area contributed by atoms with Gasteiger partial charge in [0.15, 0.2) is 0 Å². The predicted octanol–water partition coefficient (Wildman–Crippen LogP) is 2.28. The highest BCUT2D eigenvalue weighted by Gasteiger charge is 2.33. The van der Waals surface area contributed by atoms with Crippen LogP contribution in [0.4, 0.5) is 0 Å². The first-order chi connectivity index (χ1) is 10.2. The molecule has 1 aromatic carbocycles. The summed E-state index contributed by atoms with van der Waals surface area (Å²) >= 11 is 1.87. The maximum absolute atomic E-state index is 10.4. The van der Waals surface area contributed by atoms with Gasteiger partial charge in [0.25, 0.3) is 0 Å². The van der Waals surface area contributed by atoms with E-state index in [0.717, 1.165) is 37.6 Å². The molecule has 3 atom stereocenters. The number of benzene rings is 1. The Kier molecular flexibility index (Phi) is 4.89. The van der Waals surface area contributed by atoms with Gasteiger partial charge in [0.2, 0.25) is 0 Å². The highest BCUT2D eigenvalue weighted by molar-refractivity contribution is 7.99. The van der Waals surface area contributed by atoms with Crippen molar-refractivity contribution >= 4 is 11.8 Å². The molecule has 2 N–H and O–H groups in total. The minimum absolute atomic E-state index is 0.469. The number of nitrogens with zero attached hydrogens (tertiary/aromatic N) is 1. The van der Waals surface area contributed by atoms with Crippen molar-refractivity contribution in [3.05, 3.63) is 35.9 Å². The van der Waals surface area contributed by atoms with E-state index in [1.54, 1.807) is 0 Å². The van der Waals surface area contributed by atoms with E-state index in [0.29, 0.717) is 12.1 Å². The molecular weight excluding hydrogens is 280 g/mol. The molecule has 0 spiro atoms. The zero-order valence-corrected chi connectivity index (χ0v) is 13.6. The summed E-state index contributed by atoms with van der Waals surface area (Å²) in [6, 6.07) is 11.7. The van der Waals surface area contributed by atoms with Crippen molar-refractivity contribution in [3.8, 4) is 0 Å². The Morgan fingerprint density at radius 3 is 2.95 bits per heavy atom. The summed E-state index contributed by atoms with van der Waals surface area (Å²) in [5.74, 6) is 1.98. The molecule has 0 radical (unpaired) electrons. The van der Waals surface area contributed by atoms with Crippen LogP contribution in [0.25, 0.3) is 0 Å². The molecule has 0 bridgehead atoms. The molecule has 0 aliphatic carbocycles. The number of nitrogens with one attached hydrogen (secondary N) is 1. The van der Waals surface area contributed by atoms with E-state index in [2.05, 4.69) is 47.5 Å². The fourth-order valence-corrected chi connectivity index (χ4v) is 4.61. The van der Waals surface area contributed by atoms with Crippen LogP contribution in [0.15, 0.2) is 30.3 Å². The Morgan fingerprint density at radius 1 is 1.43 bits per heavy atom. The van der Waals surface area contributed by atoms with Crippen LogP contribution >= 0.6 is 11.8 Å². The first kappa shape index (κ1) is 15.3. The molecule has 2 saturated heterocycles. The van der Waals surface area contributed by atoms with Crippen LogP contribution in [-0.4, -0.2) is 52.8 Å². The summed E-state index contributed by atoms with van der Waals surface area (Å²) < 4.78 is 0. The first-order valence-electron chi connectivity index (χ1n) is 7.99. The van der Waals surface area contributed by atoms with Crippen LogP contribution < -0.4 is 5.32 Å². The highest BCUT2D eigenvalue weighted by atomic mass is 32.2. The number of hydrogen-bond acceptors (Lipinski definition) is 4. The number of thioether (sulfide) groups is 1. The van der Waals surface area contributed by atoms with Crippen LogP contribution in [0.3, 0.4) is 0 Å². The zero-order valence-electron chi connectivity index (χ0n) is 12.8. The van der Waals surface area contributed by atoms with E-state index in [-0.39, 0.29) is 0 Å². The first-order valence-corrected chi connectivity index (χ1v) is 9.14. The molecule has 1 aromatic rings. The zero-order chi connectivity index (χ0) is 14.7. The second kappa shape index (κ2) is 6.69. The molecule has 0 saturated carbocycles. The van der Waals surface area contributed by atoms with Crippen LogP contribution in [-0.2, 0) is 0 Å². The third-order valence-corrected chi connectivity index (χ3v) is 6.09. The lowest BCUT2D eigenvalue weighted by molar-refractivity contribution is 0.0646. The summed E-state index contributed by atoms with van der Waals surface area (Å²) in [7, 11) is 0. The molecule has 21 heavy (non-hydrogen) atoms. The fourth-order valence-electron chi connectivity index (χ4n) is 3.32. The van der Waals surface area contributed by atoms with Gasteiger partial charge in [-0.25, -0.2) is 0 Å². The third-order valence-electron chi connectivity index (χ3n) is 4.85. The molecule has 3 rings (SSSR count). The van der Waals surface area contributed by atoms with Crippen molar-refractivity contribution in [1.29, 1.82) is 0 Å². The predicted molar refractivity (Wildman–Crippen MR) is 89.7 cm³/mol. The molecule has 4 heteroatoms. The van der Waals surface area contributed by atoms with Gasteiger partial charge in [-0.3, -0.25) is 4.90 Å². The quantitative estimate of drug-likeness (QED) is 0.875. The molecule has 2 heterocycles. The van der Waals surface area contributed by atoms with Gasteiger partial charge >= 0.3 is 0 Å². The Balaban J connectivity index is 1.49. The van der Waals surface area contributed by atoms with E-state index in [1.807, 2.05) is 11.8 Å². The van der Waals surface area contributed by atoms with E-state index in [9.17, 15) is 5.11 Å². The summed E-state index contributed by atoms with van der Waals surface area (Å²) in [5, 5.41) is 14.0. The maximum Gasteiger partial charge on any atom is 0.0869 e. The number of likely N-dealkylation sites (tertiary alicyclic amines) is 1. The van der Waals surface area contributed by atoms with Gasteiger partial charge in [-0.05, 0) is 31.1 Å². The van der Waals surface area contributed by atoms with Crippen molar-refractivity contribution in [2.75, 3.05) is 31.1 Å². The molecule has 3 nitrogen and oxygen atoms in total. The Hall–Kier alpha value is -0.550. The minimum atomic E-state index is -0.469. The molecule has 0 amide bonds. The lowest BCUT2D eigenvalue weighted by Crippen LogP contribution is -2.45. The van der Waals surface area contributed by atoms with E-state index in [1.165, 1.54) is 12.0 Å². The van der Waals surface area contributed by atoms with E-state index >= 15 is 0 Å². The van der Waals surface area contributed by atoms with E-state index < -0.39 is 5.60 Å². The van der Waals surface area contributed by atoms with Gasteiger partial charge in [0, 0.05) is 37.5 Å². The van der Waals surface area contributed by atoms with Crippen molar-refractivity contribution < 1.29 is 5.11 Å². The van der Waals surface area contributed by atoms with Gasteiger partial charge in [-0.15, -0.1) is 0 Å². The molecule has 0 aromatic heterocycles. The van der Waals surface area contributed by atoms with Crippen molar-refractivity contribution in [2.24, 2.45) is 0 Å². The molecule has 2 aliphatic rings. The van der Waals surface area contributed by atoms with Crippen LogP contribution in [0, 0.1) is 0 Å². The molecule has 2 fully saturated rings. The highest BCUT2D eigenvalue weighted by Crippen LogP contribution is 2.28. The molecule has 0 unspecified atom stereocenters. The van der Waals surface area contributed by atoms with Crippen molar-refractivity contribution in [1.82, 2.24) is 10.2 Å². The van der Waals surface area contributed by atoms with E-state index in [4.69, 9.17) is 0 Å². The Bertz CT molecular complexity index is 447. The second-order valence-corrected chi connectivity index (χ2v) is 7.58. The smallest absolute Gasteiger partial charge is 0.0869 e. The minimum Gasteiger partial charge on any atom is -0.388 e. The summed E-state index contributed by atoms with van der Waals surface area (Å²) in [6.07, 6.45) is 2.11. The Labute approximate surface area is 132 Å².